The van der Waals surface area contributed by atoms with Crippen molar-refractivity contribution >= 4 is 29.4 Å². The Morgan fingerprint density at radius 3 is 2.75 bits per heavy atom. The Balaban J connectivity index is 2.35. The highest BCUT2D eigenvalue weighted by molar-refractivity contribution is 8.07. The quantitative estimate of drug-likeness (QED) is 0.785. The molecule has 1 saturated heterocycles. The summed E-state index contributed by atoms with van der Waals surface area (Å²) in [6.45, 7) is 4.84. The Labute approximate surface area is 107 Å². The number of carbonyl (C=O) groups excluding carboxylic acids is 1. The van der Waals surface area contributed by atoms with E-state index in [0.717, 1.165) is 17.9 Å². The van der Waals surface area contributed by atoms with Gasteiger partial charge in [-0.25, -0.2) is 0 Å². The predicted molar refractivity (Wildman–Crippen MR) is 74.0 cm³/mol. The van der Waals surface area contributed by atoms with Gasteiger partial charge in [-0.1, -0.05) is 13.8 Å². The normalized spacial score (nSPS) is 23.1. The molecule has 0 saturated carbocycles. The Morgan fingerprint density at radius 2 is 2.25 bits per heavy atom. The molecule has 1 aliphatic rings. The molecule has 0 radical (unpaired) electrons. The highest BCUT2D eigenvalue weighted by atomic mass is 32.2. The van der Waals surface area contributed by atoms with E-state index < -0.39 is 0 Å². The van der Waals surface area contributed by atoms with Gasteiger partial charge in [0.2, 0.25) is 5.91 Å². The first-order valence-corrected chi connectivity index (χ1v) is 8.03. The standard InChI is InChI=1S/C11H22N2OS2/c1-8(2)5-9(6-12)13-11(14)10-7-15-3-4-16-10/h8-10H,3-7,12H2,1-2H3,(H,13,14). The molecular weight excluding hydrogens is 240 g/mol. The van der Waals surface area contributed by atoms with E-state index in [2.05, 4.69) is 19.2 Å². The minimum atomic E-state index is 0.125. The fourth-order valence-corrected chi connectivity index (χ4v) is 4.28. The van der Waals surface area contributed by atoms with Crippen molar-refractivity contribution in [1.29, 1.82) is 0 Å². The first-order valence-electron chi connectivity index (χ1n) is 5.83. The van der Waals surface area contributed by atoms with Crippen LogP contribution in [-0.2, 0) is 4.79 Å². The van der Waals surface area contributed by atoms with Crippen LogP contribution in [0.15, 0.2) is 0 Å². The number of amides is 1. The minimum Gasteiger partial charge on any atom is -0.351 e. The van der Waals surface area contributed by atoms with E-state index in [0.29, 0.717) is 12.5 Å². The van der Waals surface area contributed by atoms with Crippen LogP contribution < -0.4 is 11.1 Å². The van der Waals surface area contributed by atoms with Crippen LogP contribution in [0.1, 0.15) is 20.3 Å². The summed E-state index contributed by atoms with van der Waals surface area (Å²) < 4.78 is 0. The lowest BCUT2D eigenvalue weighted by molar-refractivity contribution is -0.120. The van der Waals surface area contributed by atoms with Crippen molar-refractivity contribution in [3.05, 3.63) is 0 Å². The molecule has 3 nitrogen and oxygen atoms in total. The summed E-state index contributed by atoms with van der Waals surface area (Å²) in [5.74, 6) is 3.94. The van der Waals surface area contributed by atoms with E-state index in [4.69, 9.17) is 5.73 Å². The zero-order chi connectivity index (χ0) is 12.0. The van der Waals surface area contributed by atoms with Crippen molar-refractivity contribution in [1.82, 2.24) is 5.32 Å². The molecule has 1 rings (SSSR count). The zero-order valence-electron chi connectivity index (χ0n) is 10.1. The van der Waals surface area contributed by atoms with Crippen LogP contribution in [0.2, 0.25) is 0 Å². The fourth-order valence-electron chi connectivity index (χ4n) is 1.72. The highest BCUT2D eigenvalue weighted by Gasteiger charge is 2.24. The monoisotopic (exact) mass is 262 g/mol. The third-order valence-corrected chi connectivity index (χ3v) is 5.25. The average Bonchev–Trinajstić information content (AvgIpc) is 2.28. The molecule has 5 heteroatoms. The number of nitrogens with one attached hydrogen (secondary N) is 1. The Hall–Kier alpha value is 0.130. The average molecular weight is 262 g/mol. The van der Waals surface area contributed by atoms with E-state index >= 15 is 0 Å². The summed E-state index contributed by atoms with van der Waals surface area (Å²) in [5, 5.41) is 3.19. The maximum Gasteiger partial charge on any atom is 0.234 e. The van der Waals surface area contributed by atoms with Gasteiger partial charge >= 0.3 is 0 Å². The lowest BCUT2D eigenvalue weighted by Gasteiger charge is -2.24. The van der Waals surface area contributed by atoms with Crippen LogP contribution in [0.25, 0.3) is 0 Å². The lowest BCUT2D eigenvalue weighted by Crippen LogP contribution is -2.46. The van der Waals surface area contributed by atoms with Crippen molar-refractivity contribution < 1.29 is 4.79 Å². The lowest BCUT2D eigenvalue weighted by atomic mass is 10.0. The van der Waals surface area contributed by atoms with Gasteiger partial charge in [-0.2, -0.15) is 11.8 Å². The second-order valence-electron chi connectivity index (χ2n) is 4.51. The molecule has 94 valence electrons. The molecule has 2 unspecified atom stereocenters. The number of rotatable bonds is 5. The molecule has 0 spiro atoms. The molecule has 1 heterocycles. The van der Waals surface area contributed by atoms with Gasteiger partial charge in [0.25, 0.3) is 0 Å². The maximum atomic E-state index is 11.9. The number of hydrogen-bond acceptors (Lipinski definition) is 4. The molecule has 0 aliphatic carbocycles. The summed E-state index contributed by atoms with van der Waals surface area (Å²) in [6.07, 6.45) is 0.965. The van der Waals surface area contributed by atoms with E-state index in [1.807, 2.05) is 11.8 Å². The molecule has 0 aromatic rings. The van der Waals surface area contributed by atoms with Gasteiger partial charge in [-0.15, -0.1) is 11.8 Å². The van der Waals surface area contributed by atoms with Crippen LogP contribution in [-0.4, -0.2) is 41.0 Å². The van der Waals surface area contributed by atoms with Gasteiger partial charge in [-0.3, -0.25) is 4.79 Å². The van der Waals surface area contributed by atoms with Crippen molar-refractivity contribution in [2.24, 2.45) is 11.7 Å². The number of carbonyl (C=O) groups is 1. The zero-order valence-corrected chi connectivity index (χ0v) is 11.7. The van der Waals surface area contributed by atoms with E-state index in [1.54, 1.807) is 11.8 Å². The van der Waals surface area contributed by atoms with E-state index in [-0.39, 0.29) is 17.2 Å². The summed E-state index contributed by atoms with van der Waals surface area (Å²) in [4.78, 5) is 11.9. The highest BCUT2D eigenvalue weighted by Crippen LogP contribution is 2.24. The first-order chi connectivity index (χ1) is 7.63. The topological polar surface area (TPSA) is 55.1 Å². The van der Waals surface area contributed by atoms with Crippen LogP contribution in [0.5, 0.6) is 0 Å². The minimum absolute atomic E-state index is 0.125. The van der Waals surface area contributed by atoms with E-state index in [1.165, 1.54) is 5.75 Å². The summed E-state index contributed by atoms with van der Waals surface area (Å²) in [7, 11) is 0. The number of hydrogen-bond donors (Lipinski definition) is 2. The Morgan fingerprint density at radius 1 is 1.50 bits per heavy atom. The molecule has 16 heavy (non-hydrogen) atoms. The predicted octanol–water partition coefficient (Wildman–Crippen LogP) is 1.32. The molecule has 1 fully saturated rings. The summed E-state index contributed by atoms with van der Waals surface area (Å²) >= 11 is 3.64. The fraction of sp³-hybridized carbons (Fsp3) is 0.909. The van der Waals surface area contributed by atoms with Crippen LogP contribution in [0.4, 0.5) is 0 Å². The van der Waals surface area contributed by atoms with Crippen LogP contribution >= 0.6 is 23.5 Å². The second kappa shape index (κ2) is 7.45. The van der Waals surface area contributed by atoms with Gasteiger partial charge < -0.3 is 11.1 Å². The molecule has 3 N–H and O–H groups in total. The maximum absolute atomic E-state index is 11.9. The molecule has 1 amide bonds. The van der Waals surface area contributed by atoms with Gasteiger partial charge in [0, 0.05) is 29.8 Å². The van der Waals surface area contributed by atoms with Crippen LogP contribution in [0, 0.1) is 5.92 Å². The number of nitrogens with two attached hydrogens (primary N) is 1. The molecule has 0 aromatic heterocycles. The number of thioether (sulfide) groups is 2. The third kappa shape index (κ3) is 4.97. The largest absolute Gasteiger partial charge is 0.351 e. The molecule has 2 atom stereocenters. The molecule has 1 aliphatic heterocycles. The van der Waals surface area contributed by atoms with Crippen LogP contribution in [0.3, 0.4) is 0 Å². The van der Waals surface area contributed by atoms with Crippen molar-refractivity contribution in [3.8, 4) is 0 Å². The van der Waals surface area contributed by atoms with Gasteiger partial charge in [-0.05, 0) is 12.3 Å². The van der Waals surface area contributed by atoms with Gasteiger partial charge in [0.1, 0.15) is 0 Å². The van der Waals surface area contributed by atoms with Crippen molar-refractivity contribution in [2.75, 3.05) is 23.8 Å². The van der Waals surface area contributed by atoms with E-state index in [9.17, 15) is 4.79 Å². The van der Waals surface area contributed by atoms with Gasteiger partial charge in [0.15, 0.2) is 0 Å². The van der Waals surface area contributed by atoms with Crippen molar-refractivity contribution in [3.63, 3.8) is 0 Å². The smallest absolute Gasteiger partial charge is 0.234 e. The Kier molecular flexibility index (Phi) is 6.61. The second-order valence-corrected chi connectivity index (χ2v) is 6.97. The Bertz CT molecular complexity index is 218. The third-order valence-electron chi connectivity index (χ3n) is 2.50. The summed E-state index contributed by atoms with van der Waals surface area (Å²) in [5.41, 5.74) is 5.67. The van der Waals surface area contributed by atoms with Gasteiger partial charge in [0.05, 0.1) is 5.25 Å². The molecule has 0 aromatic carbocycles. The SMILES string of the molecule is CC(C)CC(CN)NC(=O)C1CSCCS1. The molecule has 0 bridgehead atoms. The molecular formula is C11H22N2OS2. The summed E-state index contributed by atoms with van der Waals surface area (Å²) in [6, 6.07) is 0.139. The first kappa shape index (κ1) is 14.2. The van der Waals surface area contributed by atoms with Crippen molar-refractivity contribution in [2.45, 2.75) is 31.6 Å².